The molecule has 0 aliphatic rings. The SMILES string of the molecule is Cc1ccccc1CNCc1ccon1. The number of aryl methyl sites for hydroxylation is 1. The number of nitrogens with zero attached hydrogens (tertiary/aromatic N) is 1. The molecule has 0 radical (unpaired) electrons. The second-order valence-corrected chi connectivity index (χ2v) is 3.52. The van der Waals surface area contributed by atoms with Crippen LogP contribution in [0.2, 0.25) is 0 Å². The zero-order valence-electron chi connectivity index (χ0n) is 8.73. The van der Waals surface area contributed by atoms with Gasteiger partial charge in [0.1, 0.15) is 6.26 Å². The first-order chi connectivity index (χ1) is 7.36. The lowest BCUT2D eigenvalue weighted by molar-refractivity contribution is 0.408. The molecule has 1 aromatic carbocycles. The van der Waals surface area contributed by atoms with Crippen molar-refractivity contribution in [1.82, 2.24) is 10.5 Å². The summed E-state index contributed by atoms with van der Waals surface area (Å²) in [5.41, 5.74) is 3.56. The van der Waals surface area contributed by atoms with Crippen LogP contribution in [0.4, 0.5) is 0 Å². The minimum Gasteiger partial charge on any atom is -0.364 e. The molecule has 3 nitrogen and oxygen atoms in total. The van der Waals surface area contributed by atoms with Gasteiger partial charge in [-0.25, -0.2) is 0 Å². The molecular formula is C12H14N2O. The van der Waals surface area contributed by atoms with E-state index in [9.17, 15) is 0 Å². The summed E-state index contributed by atoms with van der Waals surface area (Å²) in [5.74, 6) is 0. The molecule has 0 aliphatic carbocycles. The summed E-state index contributed by atoms with van der Waals surface area (Å²) in [4.78, 5) is 0. The summed E-state index contributed by atoms with van der Waals surface area (Å²) >= 11 is 0. The maximum atomic E-state index is 4.75. The molecule has 0 amide bonds. The molecule has 2 aromatic rings. The van der Waals surface area contributed by atoms with Gasteiger partial charge in [0.15, 0.2) is 0 Å². The summed E-state index contributed by atoms with van der Waals surface area (Å²) < 4.78 is 4.75. The molecule has 1 aromatic heterocycles. The zero-order valence-corrected chi connectivity index (χ0v) is 8.73. The van der Waals surface area contributed by atoms with E-state index >= 15 is 0 Å². The number of hydrogen-bond acceptors (Lipinski definition) is 3. The minimum absolute atomic E-state index is 0.741. The van der Waals surface area contributed by atoms with E-state index in [0.717, 1.165) is 18.8 Å². The van der Waals surface area contributed by atoms with Crippen molar-refractivity contribution in [3.05, 3.63) is 53.4 Å². The predicted molar refractivity (Wildman–Crippen MR) is 58.2 cm³/mol. The molecule has 0 saturated heterocycles. The fourth-order valence-electron chi connectivity index (χ4n) is 1.46. The topological polar surface area (TPSA) is 38.1 Å². The van der Waals surface area contributed by atoms with Gasteiger partial charge in [0, 0.05) is 19.2 Å². The van der Waals surface area contributed by atoms with E-state index in [1.54, 1.807) is 6.26 Å². The quantitative estimate of drug-likeness (QED) is 0.826. The maximum Gasteiger partial charge on any atom is 0.124 e. The molecule has 2 rings (SSSR count). The number of aromatic nitrogens is 1. The molecule has 0 unspecified atom stereocenters. The highest BCUT2D eigenvalue weighted by molar-refractivity contribution is 5.25. The van der Waals surface area contributed by atoms with Gasteiger partial charge in [-0.1, -0.05) is 29.4 Å². The third kappa shape index (κ3) is 2.67. The van der Waals surface area contributed by atoms with Crippen molar-refractivity contribution >= 4 is 0 Å². The van der Waals surface area contributed by atoms with Gasteiger partial charge in [-0.15, -0.1) is 0 Å². The zero-order chi connectivity index (χ0) is 10.5. The lowest BCUT2D eigenvalue weighted by Gasteiger charge is -2.05. The van der Waals surface area contributed by atoms with Crippen LogP contribution in [0.15, 0.2) is 41.1 Å². The van der Waals surface area contributed by atoms with Crippen molar-refractivity contribution in [3.8, 4) is 0 Å². The Morgan fingerprint density at radius 3 is 2.80 bits per heavy atom. The average molecular weight is 202 g/mol. The lowest BCUT2D eigenvalue weighted by atomic mass is 10.1. The van der Waals surface area contributed by atoms with Crippen molar-refractivity contribution in [2.45, 2.75) is 20.0 Å². The van der Waals surface area contributed by atoms with Crippen LogP contribution in [-0.2, 0) is 13.1 Å². The second-order valence-electron chi connectivity index (χ2n) is 3.52. The number of benzene rings is 1. The van der Waals surface area contributed by atoms with Crippen LogP contribution < -0.4 is 5.32 Å². The van der Waals surface area contributed by atoms with Crippen LogP contribution in [0, 0.1) is 6.92 Å². The first-order valence-corrected chi connectivity index (χ1v) is 5.01. The third-order valence-corrected chi connectivity index (χ3v) is 2.37. The summed E-state index contributed by atoms with van der Waals surface area (Å²) in [6.45, 7) is 3.72. The molecule has 0 atom stereocenters. The molecule has 78 valence electrons. The van der Waals surface area contributed by atoms with E-state index in [4.69, 9.17) is 4.52 Å². The monoisotopic (exact) mass is 202 g/mol. The Kier molecular flexibility index (Phi) is 3.15. The van der Waals surface area contributed by atoms with Gasteiger partial charge in [-0.2, -0.15) is 0 Å². The van der Waals surface area contributed by atoms with Crippen LogP contribution in [0.3, 0.4) is 0 Å². The molecule has 1 heterocycles. The highest BCUT2D eigenvalue weighted by Gasteiger charge is 1.98. The number of nitrogens with one attached hydrogen (secondary N) is 1. The van der Waals surface area contributed by atoms with Crippen LogP contribution in [0.25, 0.3) is 0 Å². The molecule has 0 fully saturated rings. The molecule has 0 aliphatic heterocycles. The van der Waals surface area contributed by atoms with Crippen molar-refractivity contribution in [3.63, 3.8) is 0 Å². The molecular weight excluding hydrogens is 188 g/mol. The first kappa shape index (κ1) is 9.93. The molecule has 3 heteroatoms. The fraction of sp³-hybridized carbons (Fsp3) is 0.250. The van der Waals surface area contributed by atoms with Crippen LogP contribution in [0.5, 0.6) is 0 Å². The highest BCUT2D eigenvalue weighted by atomic mass is 16.5. The van der Waals surface area contributed by atoms with E-state index < -0.39 is 0 Å². The lowest BCUT2D eigenvalue weighted by Crippen LogP contribution is -2.13. The van der Waals surface area contributed by atoms with Crippen LogP contribution in [0.1, 0.15) is 16.8 Å². The van der Waals surface area contributed by atoms with Crippen molar-refractivity contribution < 1.29 is 4.52 Å². The Morgan fingerprint density at radius 2 is 2.07 bits per heavy atom. The standard InChI is InChI=1S/C12H14N2O/c1-10-4-2-3-5-11(10)8-13-9-12-6-7-15-14-12/h2-7,13H,8-9H2,1H3. The summed E-state index contributed by atoms with van der Waals surface area (Å²) in [6, 6.07) is 10.2. The van der Waals surface area contributed by atoms with Crippen molar-refractivity contribution in [1.29, 1.82) is 0 Å². The van der Waals surface area contributed by atoms with Gasteiger partial charge in [0.2, 0.25) is 0 Å². The largest absolute Gasteiger partial charge is 0.364 e. The number of rotatable bonds is 4. The maximum absolute atomic E-state index is 4.75. The van der Waals surface area contributed by atoms with Gasteiger partial charge in [0.05, 0.1) is 5.69 Å². The van der Waals surface area contributed by atoms with Crippen LogP contribution in [-0.4, -0.2) is 5.16 Å². The summed E-state index contributed by atoms with van der Waals surface area (Å²) in [7, 11) is 0. The Hall–Kier alpha value is -1.61. The molecule has 0 saturated carbocycles. The van der Waals surface area contributed by atoms with E-state index in [0.29, 0.717) is 0 Å². The Bertz CT molecular complexity index is 409. The van der Waals surface area contributed by atoms with Gasteiger partial charge in [-0.05, 0) is 18.1 Å². The van der Waals surface area contributed by atoms with Gasteiger partial charge in [-0.3, -0.25) is 0 Å². The Morgan fingerprint density at radius 1 is 1.20 bits per heavy atom. The highest BCUT2D eigenvalue weighted by Crippen LogP contribution is 2.06. The molecule has 0 bridgehead atoms. The smallest absolute Gasteiger partial charge is 0.124 e. The Balaban J connectivity index is 1.86. The predicted octanol–water partition coefficient (Wildman–Crippen LogP) is 2.27. The molecule has 1 N–H and O–H groups in total. The summed E-state index contributed by atoms with van der Waals surface area (Å²) in [5, 5.41) is 7.15. The molecule has 0 spiro atoms. The third-order valence-electron chi connectivity index (χ3n) is 2.37. The van der Waals surface area contributed by atoms with E-state index in [2.05, 4.69) is 41.7 Å². The van der Waals surface area contributed by atoms with Crippen molar-refractivity contribution in [2.75, 3.05) is 0 Å². The second kappa shape index (κ2) is 4.75. The molecule has 15 heavy (non-hydrogen) atoms. The first-order valence-electron chi connectivity index (χ1n) is 5.01. The van der Waals surface area contributed by atoms with E-state index in [1.807, 2.05) is 6.07 Å². The minimum atomic E-state index is 0.741. The Labute approximate surface area is 89.1 Å². The van der Waals surface area contributed by atoms with Crippen LogP contribution >= 0.6 is 0 Å². The van der Waals surface area contributed by atoms with Gasteiger partial charge in [0.25, 0.3) is 0 Å². The van der Waals surface area contributed by atoms with Gasteiger partial charge >= 0.3 is 0 Å². The number of hydrogen-bond donors (Lipinski definition) is 1. The van der Waals surface area contributed by atoms with Gasteiger partial charge < -0.3 is 9.84 Å². The van der Waals surface area contributed by atoms with Crippen molar-refractivity contribution in [2.24, 2.45) is 0 Å². The normalized spacial score (nSPS) is 10.5. The average Bonchev–Trinajstić information content (AvgIpc) is 2.74. The fourth-order valence-corrected chi connectivity index (χ4v) is 1.46. The summed E-state index contributed by atoms with van der Waals surface area (Å²) in [6.07, 6.45) is 1.59. The van der Waals surface area contributed by atoms with E-state index in [-0.39, 0.29) is 0 Å². The van der Waals surface area contributed by atoms with E-state index in [1.165, 1.54) is 11.1 Å².